The van der Waals surface area contributed by atoms with Crippen molar-refractivity contribution in [3.8, 4) is 12.5 Å². The standard InChI is InChI=1S/C8H12N2O3/c1-4-10(6(3)8(12)13)7(11)5(2)9/h1,5-6H,9H2,2-3H3,(H,12,13)/t5-,6-/m0/s1. The number of terminal acetylenes is 1. The number of carboxylic acid groups (broad SMARTS) is 1. The first-order chi connectivity index (χ1) is 5.91. The first-order valence-electron chi connectivity index (χ1n) is 3.69. The van der Waals surface area contributed by atoms with Gasteiger partial charge >= 0.3 is 5.97 Å². The summed E-state index contributed by atoms with van der Waals surface area (Å²) in [5, 5.41) is 8.58. The molecule has 2 atom stereocenters. The van der Waals surface area contributed by atoms with E-state index < -0.39 is 24.0 Å². The summed E-state index contributed by atoms with van der Waals surface area (Å²) in [6, 6.07) is 0.141. The summed E-state index contributed by atoms with van der Waals surface area (Å²) in [5.41, 5.74) is 5.27. The van der Waals surface area contributed by atoms with Crippen molar-refractivity contribution in [2.75, 3.05) is 0 Å². The van der Waals surface area contributed by atoms with Crippen molar-refractivity contribution in [2.24, 2.45) is 5.73 Å². The van der Waals surface area contributed by atoms with E-state index in [1.165, 1.54) is 13.8 Å². The topological polar surface area (TPSA) is 83.6 Å². The van der Waals surface area contributed by atoms with Gasteiger partial charge in [0.1, 0.15) is 6.04 Å². The monoisotopic (exact) mass is 184 g/mol. The Hall–Kier alpha value is -1.54. The minimum atomic E-state index is -1.16. The van der Waals surface area contributed by atoms with Crippen molar-refractivity contribution < 1.29 is 14.7 Å². The Morgan fingerprint density at radius 2 is 2.00 bits per heavy atom. The summed E-state index contributed by atoms with van der Waals surface area (Å²) in [7, 11) is 0. The molecule has 0 aromatic carbocycles. The Labute approximate surface area is 76.5 Å². The van der Waals surface area contributed by atoms with Crippen molar-refractivity contribution >= 4 is 11.9 Å². The Balaban J connectivity index is 4.63. The highest BCUT2D eigenvalue weighted by atomic mass is 16.4. The van der Waals surface area contributed by atoms with Gasteiger partial charge in [-0.25, -0.2) is 4.79 Å². The number of nitrogens with two attached hydrogens (primary N) is 1. The second kappa shape index (κ2) is 4.48. The van der Waals surface area contributed by atoms with E-state index >= 15 is 0 Å². The van der Waals surface area contributed by atoms with Crippen molar-refractivity contribution in [1.82, 2.24) is 4.90 Å². The fourth-order valence-corrected chi connectivity index (χ4v) is 0.696. The molecule has 5 heteroatoms. The molecule has 5 nitrogen and oxygen atoms in total. The third-order valence-electron chi connectivity index (χ3n) is 1.51. The number of carbonyl (C=O) groups excluding carboxylic acids is 1. The van der Waals surface area contributed by atoms with Gasteiger partial charge in [0.15, 0.2) is 0 Å². The molecule has 0 aliphatic rings. The predicted molar refractivity (Wildman–Crippen MR) is 46.4 cm³/mol. The Bertz CT molecular complexity index is 255. The molecule has 1 amide bonds. The second-order valence-electron chi connectivity index (χ2n) is 2.64. The van der Waals surface area contributed by atoms with E-state index in [1.54, 1.807) is 0 Å². The van der Waals surface area contributed by atoms with Gasteiger partial charge in [-0.1, -0.05) is 6.42 Å². The van der Waals surface area contributed by atoms with Gasteiger partial charge in [0.2, 0.25) is 0 Å². The van der Waals surface area contributed by atoms with E-state index in [0.29, 0.717) is 0 Å². The normalized spacial score (nSPS) is 14.0. The second-order valence-corrected chi connectivity index (χ2v) is 2.64. The van der Waals surface area contributed by atoms with E-state index in [9.17, 15) is 9.59 Å². The lowest BCUT2D eigenvalue weighted by Crippen LogP contribution is -2.46. The van der Waals surface area contributed by atoms with E-state index in [-0.39, 0.29) is 0 Å². The zero-order valence-corrected chi connectivity index (χ0v) is 7.52. The molecular formula is C8H12N2O3. The van der Waals surface area contributed by atoms with E-state index in [4.69, 9.17) is 17.3 Å². The maximum Gasteiger partial charge on any atom is 0.327 e. The van der Waals surface area contributed by atoms with Gasteiger partial charge < -0.3 is 10.8 Å². The molecule has 0 heterocycles. The molecule has 0 aliphatic heterocycles. The van der Waals surface area contributed by atoms with Crippen LogP contribution in [0.25, 0.3) is 0 Å². The lowest BCUT2D eigenvalue weighted by atomic mass is 10.2. The Morgan fingerprint density at radius 1 is 1.54 bits per heavy atom. The van der Waals surface area contributed by atoms with Gasteiger partial charge in [0.25, 0.3) is 5.91 Å². The summed E-state index contributed by atoms with van der Waals surface area (Å²) < 4.78 is 0. The van der Waals surface area contributed by atoms with E-state index in [2.05, 4.69) is 0 Å². The van der Waals surface area contributed by atoms with Crippen LogP contribution >= 0.6 is 0 Å². The fraction of sp³-hybridized carbons (Fsp3) is 0.500. The van der Waals surface area contributed by atoms with Crippen LogP contribution in [-0.2, 0) is 9.59 Å². The van der Waals surface area contributed by atoms with E-state index in [0.717, 1.165) is 4.90 Å². The number of rotatable bonds is 3. The molecule has 0 aromatic rings. The van der Waals surface area contributed by atoms with Crippen LogP contribution in [0.2, 0.25) is 0 Å². The molecule has 0 rings (SSSR count). The fourth-order valence-electron chi connectivity index (χ4n) is 0.696. The maximum atomic E-state index is 11.2. The zero-order chi connectivity index (χ0) is 10.6. The number of carboxylic acids is 1. The first-order valence-corrected chi connectivity index (χ1v) is 3.69. The molecule has 0 saturated heterocycles. The van der Waals surface area contributed by atoms with Crippen molar-refractivity contribution in [2.45, 2.75) is 25.9 Å². The van der Waals surface area contributed by atoms with Crippen molar-refractivity contribution in [1.29, 1.82) is 0 Å². The molecule has 0 spiro atoms. The smallest absolute Gasteiger partial charge is 0.327 e. The lowest BCUT2D eigenvalue weighted by molar-refractivity contribution is -0.146. The van der Waals surface area contributed by atoms with Crippen LogP contribution in [0.3, 0.4) is 0 Å². The highest BCUT2D eigenvalue weighted by molar-refractivity contribution is 5.87. The molecule has 13 heavy (non-hydrogen) atoms. The van der Waals surface area contributed by atoms with Crippen LogP contribution in [0.4, 0.5) is 0 Å². The van der Waals surface area contributed by atoms with Gasteiger partial charge in [-0.2, -0.15) is 0 Å². The molecule has 0 aromatic heterocycles. The summed E-state index contributed by atoms with van der Waals surface area (Å²) in [4.78, 5) is 22.5. The number of carbonyl (C=O) groups is 2. The van der Waals surface area contributed by atoms with Crippen LogP contribution < -0.4 is 5.73 Å². The SMILES string of the molecule is C#CN(C(=O)[C@H](C)N)[C@@H](C)C(=O)O. The van der Waals surface area contributed by atoms with Gasteiger partial charge in [-0.15, -0.1) is 0 Å². The third-order valence-corrected chi connectivity index (χ3v) is 1.51. The number of nitrogens with zero attached hydrogens (tertiary/aromatic N) is 1. The Morgan fingerprint density at radius 3 is 2.23 bits per heavy atom. The number of aliphatic carboxylic acids is 1. The predicted octanol–water partition coefficient (Wildman–Crippen LogP) is -0.774. The minimum Gasteiger partial charge on any atom is -0.480 e. The molecule has 0 fully saturated rings. The average molecular weight is 184 g/mol. The molecule has 72 valence electrons. The maximum absolute atomic E-state index is 11.2. The average Bonchev–Trinajstić information content (AvgIpc) is 2.04. The van der Waals surface area contributed by atoms with Crippen LogP contribution in [0.15, 0.2) is 0 Å². The minimum absolute atomic E-state index is 0.572. The third kappa shape index (κ3) is 2.76. The van der Waals surface area contributed by atoms with Crippen LogP contribution in [0.5, 0.6) is 0 Å². The molecule has 3 N–H and O–H groups in total. The van der Waals surface area contributed by atoms with Gasteiger partial charge in [0.05, 0.1) is 6.04 Å². The highest BCUT2D eigenvalue weighted by Gasteiger charge is 2.25. The molecule has 0 bridgehead atoms. The summed E-state index contributed by atoms with van der Waals surface area (Å²) in [5.74, 6) is -1.73. The number of hydrogen-bond donors (Lipinski definition) is 2. The quantitative estimate of drug-likeness (QED) is 0.445. The van der Waals surface area contributed by atoms with E-state index in [1.807, 2.05) is 6.04 Å². The van der Waals surface area contributed by atoms with Gasteiger partial charge in [0, 0.05) is 6.04 Å². The molecule has 0 radical (unpaired) electrons. The lowest BCUT2D eigenvalue weighted by Gasteiger charge is -2.21. The van der Waals surface area contributed by atoms with Crippen LogP contribution in [0.1, 0.15) is 13.8 Å². The largest absolute Gasteiger partial charge is 0.480 e. The summed E-state index contributed by atoms with van der Waals surface area (Å²) in [6.07, 6.45) is 4.99. The molecule has 0 unspecified atom stereocenters. The highest BCUT2D eigenvalue weighted by Crippen LogP contribution is 2.00. The molecule has 0 saturated carbocycles. The zero-order valence-electron chi connectivity index (χ0n) is 7.52. The van der Waals surface area contributed by atoms with Gasteiger partial charge in [-0.05, 0) is 13.8 Å². The van der Waals surface area contributed by atoms with Crippen molar-refractivity contribution in [3.05, 3.63) is 0 Å². The van der Waals surface area contributed by atoms with Gasteiger partial charge in [-0.3, -0.25) is 9.69 Å². The molecule has 0 aliphatic carbocycles. The van der Waals surface area contributed by atoms with Crippen LogP contribution in [0, 0.1) is 12.5 Å². The summed E-state index contributed by atoms with van der Waals surface area (Å²) in [6.45, 7) is 2.77. The Kier molecular flexibility index (Phi) is 3.95. The van der Waals surface area contributed by atoms with Crippen molar-refractivity contribution in [3.63, 3.8) is 0 Å². The summed E-state index contributed by atoms with van der Waals surface area (Å²) >= 11 is 0. The first kappa shape index (κ1) is 11.5. The van der Waals surface area contributed by atoms with Crippen LogP contribution in [-0.4, -0.2) is 34.0 Å². The number of amides is 1. The molecular weight excluding hydrogens is 172 g/mol. The number of hydrogen-bond acceptors (Lipinski definition) is 3.